The first-order valence-electron chi connectivity index (χ1n) is 9.93. The fraction of sp³-hybridized carbons (Fsp3) is 0.391. The van der Waals surface area contributed by atoms with Crippen LogP contribution in [0.5, 0.6) is 0 Å². The average molecular weight is 382 g/mol. The van der Waals surface area contributed by atoms with Gasteiger partial charge in [0, 0.05) is 44.4 Å². The van der Waals surface area contributed by atoms with Crippen LogP contribution >= 0.6 is 0 Å². The van der Waals surface area contributed by atoms with Gasteiger partial charge in [0.2, 0.25) is 11.8 Å². The normalized spacial score (nSPS) is 11.6. The summed E-state index contributed by atoms with van der Waals surface area (Å²) in [6.45, 7) is 9.96. The number of nitrogens with one attached hydrogen (secondary N) is 1. The van der Waals surface area contributed by atoms with Gasteiger partial charge in [0.05, 0.1) is 6.04 Å². The molecule has 0 aliphatic rings. The topological polar surface area (TPSA) is 52.6 Å². The molecule has 0 bridgehead atoms. The largest absolute Gasteiger partial charge is 0.372 e. The first kappa shape index (κ1) is 21.5. The Bertz CT molecular complexity index is 755. The molecule has 0 radical (unpaired) electrons. The van der Waals surface area contributed by atoms with Gasteiger partial charge in [-0.05, 0) is 50.6 Å². The second-order valence-electron chi connectivity index (χ2n) is 6.81. The lowest BCUT2D eigenvalue weighted by molar-refractivity contribution is -0.121. The number of carbonyl (C=O) groups excluding carboxylic acids is 2. The number of nitrogens with zero attached hydrogens (tertiary/aromatic N) is 2. The van der Waals surface area contributed by atoms with E-state index in [9.17, 15) is 9.59 Å². The van der Waals surface area contributed by atoms with Crippen LogP contribution in [0.1, 0.15) is 45.7 Å². The summed E-state index contributed by atoms with van der Waals surface area (Å²) in [5, 5.41) is 3.00. The minimum atomic E-state index is -0.0699. The van der Waals surface area contributed by atoms with Crippen LogP contribution in [0.2, 0.25) is 0 Å². The molecule has 1 N–H and O–H groups in total. The fourth-order valence-electron chi connectivity index (χ4n) is 3.25. The van der Waals surface area contributed by atoms with Crippen LogP contribution in [0.25, 0.3) is 0 Å². The SMILES string of the molecule is CCN(CC)c1ccc(N(CCC(=O)NC(C)c2ccccc2)C(C)=O)cc1. The molecule has 1 unspecified atom stereocenters. The van der Waals surface area contributed by atoms with Crippen LogP contribution in [0.3, 0.4) is 0 Å². The van der Waals surface area contributed by atoms with Gasteiger partial charge in [-0.1, -0.05) is 30.3 Å². The molecule has 2 aromatic rings. The number of rotatable bonds is 9. The lowest BCUT2D eigenvalue weighted by Crippen LogP contribution is -2.34. The number of amides is 2. The van der Waals surface area contributed by atoms with Crippen molar-refractivity contribution in [1.29, 1.82) is 0 Å². The molecule has 0 saturated carbocycles. The van der Waals surface area contributed by atoms with E-state index in [1.807, 2.05) is 61.5 Å². The first-order valence-corrected chi connectivity index (χ1v) is 9.93. The van der Waals surface area contributed by atoms with Gasteiger partial charge in [0.25, 0.3) is 0 Å². The van der Waals surface area contributed by atoms with E-state index in [1.165, 1.54) is 6.92 Å². The second kappa shape index (κ2) is 10.5. The molecule has 2 rings (SSSR count). The Kier molecular flexibility index (Phi) is 8.05. The zero-order valence-corrected chi connectivity index (χ0v) is 17.3. The summed E-state index contributed by atoms with van der Waals surface area (Å²) in [4.78, 5) is 28.4. The summed E-state index contributed by atoms with van der Waals surface area (Å²) in [5.74, 6) is -0.137. The van der Waals surface area contributed by atoms with Crippen molar-refractivity contribution in [3.8, 4) is 0 Å². The Morgan fingerprint density at radius 1 is 0.929 bits per heavy atom. The minimum Gasteiger partial charge on any atom is -0.372 e. The molecule has 5 nitrogen and oxygen atoms in total. The molecule has 0 fully saturated rings. The average Bonchev–Trinajstić information content (AvgIpc) is 2.70. The predicted octanol–water partition coefficient (Wildman–Crippen LogP) is 4.15. The van der Waals surface area contributed by atoms with E-state index >= 15 is 0 Å². The molecule has 0 spiro atoms. The van der Waals surface area contributed by atoms with Crippen molar-refractivity contribution in [2.45, 2.75) is 40.2 Å². The fourth-order valence-corrected chi connectivity index (χ4v) is 3.25. The molecule has 150 valence electrons. The van der Waals surface area contributed by atoms with Crippen molar-refractivity contribution < 1.29 is 9.59 Å². The van der Waals surface area contributed by atoms with Gasteiger partial charge in [0.1, 0.15) is 0 Å². The third-order valence-corrected chi connectivity index (χ3v) is 4.91. The van der Waals surface area contributed by atoms with Crippen molar-refractivity contribution in [2.75, 3.05) is 29.4 Å². The Morgan fingerprint density at radius 2 is 1.50 bits per heavy atom. The molecular formula is C23H31N3O2. The minimum absolute atomic E-state index is 0.0622. The maximum Gasteiger partial charge on any atom is 0.223 e. The zero-order chi connectivity index (χ0) is 20.5. The van der Waals surface area contributed by atoms with Crippen molar-refractivity contribution in [3.63, 3.8) is 0 Å². The van der Waals surface area contributed by atoms with Crippen LogP contribution < -0.4 is 15.1 Å². The number of hydrogen-bond acceptors (Lipinski definition) is 3. The van der Waals surface area contributed by atoms with Crippen molar-refractivity contribution in [2.24, 2.45) is 0 Å². The molecule has 1 atom stereocenters. The molecule has 5 heteroatoms. The zero-order valence-electron chi connectivity index (χ0n) is 17.3. The van der Waals surface area contributed by atoms with Crippen molar-refractivity contribution in [1.82, 2.24) is 5.32 Å². The van der Waals surface area contributed by atoms with E-state index in [0.29, 0.717) is 6.54 Å². The molecule has 2 amide bonds. The highest BCUT2D eigenvalue weighted by Gasteiger charge is 2.15. The lowest BCUT2D eigenvalue weighted by Gasteiger charge is -2.24. The number of benzene rings is 2. The highest BCUT2D eigenvalue weighted by Crippen LogP contribution is 2.21. The van der Waals surface area contributed by atoms with Crippen LogP contribution in [0.4, 0.5) is 11.4 Å². The Morgan fingerprint density at radius 3 is 2.04 bits per heavy atom. The van der Waals surface area contributed by atoms with Gasteiger partial charge in [-0.3, -0.25) is 9.59 Å². The second-order valence-corrected chi connectivity index (χ2v) is 6.81. The van der Waals surface area contributed by atoms with E-state index < -0.39 is 0 Å². The molecule has 0 saturated heterocycles. The Balaban J connectivity index is 1.97. The van der Waals surface area contributed by atoms with E-state index in [2.05, 4.69) is 24.1 Å². The number of hydrogen-bond donors (Lipinski definition) is 1. The monoisotopic (exact) mass is 381 g/mol. The number of carbonyl (C=O) groups is 2. The highest BCUT2D eigenvalue weighted by atomic mass is 16.2. The quantitative estimate of drug-likeness (QED) is 0.710. The summed E-state index contributed by atoms with van der Waals surface area (Å²) in [5.41, 5.74) is 3.00. The highest BCUT2D eigenvalue weighted by molar-refractivity contribution is 5.92. The van der Waals surface area contributed by atoms with Crippen LogP contribution in [0.15, 0.2) is 54.6 Å². The van der Waals surface area contributed by atoms with Crippen LogP contribution in [0, 0.1) is 0 Å². The maximum atomic E-state index is 12.4. The lowest BCUT2D eigenvalue weighted by atomic mass is 10.1. The molecular weight excluding hydrogens is 350 g/mol. The van der Waals surface area contributed by atoms with E-state index in [4.69, 9.17) is 0 Å². The van der Waals surface area contributed by atoms with Crippen LogP contribution in [-0.4, -0.2) is 31.4 Å². The summed E-state index contributed by atoms with van der Waals surface area (Å²) >= 11 is 0. The van der Waals surface area contributed by atoms with Gasteiger partial charge < -0.3 is 15.1 Å². The third kappa shape index (κ3) is 5.84. The number of anilines is 2. The Labute approximate surface area is 168 Å². The molecule has 0 aromatic heterocycles. The van der Waals surface area contributed by atoms with Gasteiger partial charge >= 0.3 is 0 Å². The van der Waals surface area contributed by atoms with E-state index in [0.717, 1.165) is 30.0 Å². The Hall–Kier alpha value is -2.82. The van der Waals surface area contributed by atoms with Gasteiger partial charge in [-0.25, -0.2) is 0 Å². The van der Waals surface area contributed by atoms with Crippen LogP contribution in [-0.2, 0) is 9.59 Å². The van der Waals surface area contributed by atoms with Crippen molar-refractivity contribution in [3.05, 3.63) is 60.2 Å². The maximum absolute atomic E-state index is 12.4. The molecule has 28 heavy (non-hydrogen) atoms. The smallest absolute Gasteiger partial charge is 0.223 e. The standard InChI is InChI=1S/C23H31N3O2/c1-5-25(6-2)21-12-14-22(15-13-21)26(19(4)27)17-16-23(28)24-18(3)20-10-8-7-9-11-20/h7-15,18H,5-6,16-17H2,1-4H3,(H,24,28). The summed E-state index contributed by atoms with van der Waals surface area (Å²) in [7, 11) is 0. The molecule has 0 heterocycles. The summed E-state index contributed by atoms with van der Waals surface area (Å²) in [6.07, 6.45) is 0.258. The van der Waals surface area contributed by atoms with Gasteiger partial charge in [0.15, 0.2) is 0 Å². The van der Waals surface area contributed by atoms with Crippen molar-refractivity contribution >= 4 is 23.2 Å². The summed E-state index contributed by atoms with van der Waals surface area (Å²) < 4.78 is 0. The first-order chi connectivity index (χ1) is 13.5. The molecule has 2 aromatic carbocycles. The predicted molar refractivity (Wildman–Crippen MR) is 116 cm³/mol. The molecule has 0 aliphatic carbocycles. The third-order valence-electron chi connectivity index (χ3n) is 4.91. The van der Waals surface area contributed by atoms with E-state index in [1.54, 1.807) is 4.90 Å². The summed E-state index contributed by atoms with van der Waals surface area (Å²) in [6, 6.07) is 17.7. The molecule has 0 aliphatic heterocycles. The van der Waals surface area contributed by atoms with Gasteiger partial charge in [-0.2, -0.15) is 0 Å². The van der Waals surface area contributed by atoms with Gasteiger partial charge in [-0.15, -0.1) is 0 Å². The van der Waals surface area contributed by atoms with E-state index in [-0.39, 0.29) is 24.3 Å².